The smallest absolute Gasteiger partial charge is 0.237 e. The zero-order valence-corrected chi connectivity index (χ0v) is 8.97. The second kappa shape index (κ2) is 4.45. The number of nitrogens with one attached hydrogen (secondary N) is 1. The van der Waals surface area contributed by atoms with E-state index in [-0.39, 0.29) is 11.4 Å². The third-order valence-electron chi connectivity index (χ3n) is 3.01. The van der Waals surface area contributed by atoms with Gasteiger partial charge in [0.2, 0.25) is 5.91 Å². The first-order valence-electron chi connectivity index (χ1n) is 5.33. The summed E-state index contributed by atoms with van der Waals surface area (Å²) < 4.78 is 0. The van der Waals surface area contributed by atoms with Gasteiger partial charge in [-0.2, -0.15) is 5.26 Å². The van der Waals surface area contributed by atoms with Crippen molar-refractivity contribution in [3.63, 3.8) is 0 Å². The third-order valence-corrected chi connectivity index (χ3v) is 3.01. The molecule has 3 nitrogen and oxygen atoms in total. The van der Waals surface area contributed by atoms with E-state index in [1.54, 1.807) is 0 Å². The van der Waals surface area contributed by atoms with Crippen molar-refractivity contribution < 1.29 is 4.79 Å². The van der Waals surface area contributed by atoms with Crippen LogP contribution in [-0.4, -0.2) is 11.4 Å². The SMILES string of the molecule is CCC(C#N)C(=O)NC1(C)CCCC1. The molecule has 1 atom stereocenters. The zero-order valence-electron chi connectivity index (χ0n) is 8.97. The molecule has 1 fully saturated rings. The largest absolute Gasteiger partial charge is 0.350 e. The van der Waals surface area contributed by atoms with Crippen molar-refractivity contribution in [3.8, 4) is 6.07 Å². The molecule has 0 heterocycles. The number of carbonyl (C=O) groups excluding carboxylic acids is 1. The second-order valence-electron chi connectivity index (χ2n) is 4.35. The molecule has 78 valence electrons. The fraction of sp³-hybridized carbons (Fsp3) is 0.818. The Hall–Kier alpha value is -1.04. The van der Waals surface area contributed by atoms with Crippen LogP contribution in [0.4, 0.5) is 0 Å². The molecule has 1 aliphatic rings. The van der Waals surface area contributed by atoms with Crippen molar-refractivity contribution in [2.45, 2.75) is 51.5 Å². The van der Waals surface area contributed by atoms with Crippen LogP contribution < -0.4 is 5.32 Å². The van der Waals surface area contributed by atoms with E-state index in [1.165, 1.54) is 12.8 Å². The molecule has 0 radical (unpaired) electrons. The minimum Gasteiger partial charge on any atom is -0.350 e. The molecule has 1 saturated carbocycles. The summed E-state index contributed by atoms with van der Waals surface area (Å²) in [5, 5.41) is 11.7. The summed E-state index contributed by atoms with van der Waals surface area (Å²) in [6.45, 7) is 3.94. The summed E-state index contributed by atoms with van der Waals surface area (Å²) in [6, 6.07) is 2.03. The van der Waals surface area contributed by atoms with E-state index in [4.69, 9.17) is 5.26 Å². The van der Waals surface area contributed by atoms with Crippen molar-refractivity contribution in [2.75, 3.05) is 0 Å². The van der Waals surface area contributed by atoms with Crippen LogP contribution in [0.15, 0.2) is 0 Å². The number of hydrogen-bond donors (Lipinski definition) is 1. The average molecular weight is 194 g/mol. The molecular formula is C11H18N2O. The Kier molecular flexibility index (Phi) is 3.51. The number of nitriles is 1. The van der Waals surface area contributed by atoms with Gasteiger partial charge in [-0.25, -0.2) is 0 Å². The monoisotopic (exact) mass is 194 g/mol. The first-order chi connectivity index (χ1) is 6.61. The maximum atomic E-state index is 11.6. The van der Waals surface area contributed by atoms with E-state index in [2.05, 4.69) is 12.2 Å². The predicted octanol–water partition coefficient (Wildman–Crippen LogP) is 1.99. The molecule has 1 unspecified atom stereocenters. The summed E-state index contributed by atoms with van der Waals surface area (Å²) in [7, 11) is 0. The van der Waals surface area contributed by atoms with Crippen LogP contribution in [-0.2, 0) is 4.79 Å². The van der Waals surface area contributed by atoms with Gasteiger partial charge < -0.3 is 5.32 Å². The van der Waals surface area contributed by atoms with Gasteiger partial charge in [0.05, 0.1) is 6.07 Å². The lowest BCUT2D eigenvalue weighted by molar-refractivity contribution is -0.125. The number of rotatable bonds is 3. The quantitative estimate of drug-likeness (QED) is 0.747. The van der Waals surface area contributed by atoms with Crippen LogP contribution in [0, 0.1) is 17.2 Å². The summed E-state index contributed by atoms with van der Waals surface area (Å²) in [6.07, 6.45) is 5.04. The minimum absolute atomic E-state index is 0.0542. The fourth-order valence-corrected chi connectivity index (χ4v) is 2.00. The molecule has 0 saturated heterocycles. The standard InChI is InChI=1S/C11H18N2O/c1-3-9(8-12)10(14)13-11(2)6-4-5-7-11/h9H,3-7H2,1-2H3,(H,13,14). The van der Waals surface area contributed by atoms with Crippen molar-refractivity contribution in [1.82, 2.24) is 5.32 Å². The van der Waals surface area contributed by atoms with Gasteiger partial charge in [0, 0.05) is 5.54 Å². The molecule has 0 aliphatic heterocycles. The Labute approximate surface area is 85.5 Å². The Balaban J connectivity index is 2.51. The number of carbonyl (C=O) groups is 1. The maximum Gasteiger partial charge on any atom is 0.237 e. The highest BCUT2D eigenvalue weighted by molar-refractivity contribution is 5.81. The summed E-state index contributed by atoms with van der Waals surface area (Å²) in [4.78, 5) is 11.6. The predicted molar refractivity (Wildman–Crippen MR) is 54.4 cm³/mol. The van der Waals surface area contributed by atoms with Gasteiger partial charge in [0.25, 0.3) is 0 Å². The Bertz CT molecular complexity index is 249. The lowest BCUT2D eigenvalue weighted by atomic mass is 9.98. The fourth-order valence-electron chi connectivity index (χ4n) is 2.00. The lowest BCUT2D eigenvalue weighted by Gasteiger charge is -2.26. The van der Waals surface area contributed by atoms with Crippen LogP contribution in [0.2, 0.25) is 0 Å². The number of hydrogen-bond acceptors (Lipinski definition) is 2. The van der Waals surface area contributed by atoms with E-state index >= 15 is 0 Å². The Morgan fingerprint density at radius 3 is 2.57 bits per heavy atom. The highest BCUT2D eigenvalue weighted by Gasteiger charge is 2.31. The summed E-state index contributed by atoms with van der Waals surface area (Å²) in [5.74, 6) is -0.577. The highest BCUT2D eigenvalue weighted by atomic mass is 16.2. The van der Waals surface area contributed by atoms with E-state index < -0.39 is 5.92 Å². The number of amides is 1. The number of nitrogens with zero attached hydrogens (tertiary/aromatic N) is 1. The Morgan fingerprint density at radius 2 is 2.14 bits per heavy atom. The third kappa shape index (κ3) is 2.47. The molecular weight excluding hydrogens is 176 g/mol. The van der Waals surface area contributed by atoms with E-state index in [0.717, 1.165) is 12.8 Å². The van der Waals surface area contributed by atoms with Gasteiger partial charge in [-0.3, -0.25) is 4.79 Å². The molecule has 1 aliphatic carbocycles. The van der Waals surface area contributed by atoms with Crippen LogP contribution >= 0.6 is 0 Å². The molecule has 1 amide bonds. The van der Waals surface area contributed by atoms with Crippen molar-refractivity contribution >= 4 is 5.91 Å². The first-order valence-corrected chi connectivity index (χ1v) is 5.33. The summed E-state index contributed by atoms with van der Waals surface area (Å²) >= 11 is 0. The second-order valence-corrected chi connectivity index (χ2v) is 4.35. The van der Waals surface area contributed by atoms with Gasteiger partial charge in [-0.1, -0.05) is 19.8 Å². The van der Waals surface area contributed by atoms with Crippen LogP contribution in [0.3, 0.4) is 0 Å². The topological polar surface area (TPSA) is 52.9 Å². The van der Waals surface area contributed by atoms with Crippen LogP contribution in [0.1, 0.15) is 46.0 Å². The van der Waals surface area contributed by atoms with Gasteiger partial charge in [0.1, 0.15) is 5.92 Å². The molecule has 0 aromatic rings. The van der Waals surface area contributed by atoms with E-state index in [9.17, 15) is 4.79 Å². The Morgan fingerprint density at radius 1 is 1.57 bits per heavy atom. The molecule has 0 spiro atoms. The normalized spacial score (nSPS) is 21.2. The van der Waals surface area contributed by atoms with Crippen LogP contribution in [0.25, 0.3) is 0 Å². The van der Waals surface area contributed by atoms with Crippen molar-refractivity contribution in [1.29, 1.82) is 5.26 Å². The molecule has 0 aromatic carbocycles. The summed E-state index contributed by atoms with van der Waals surface area (Å²) in [5.41, 5.74) is -0.0542. The van der Waals surface area contributed by atoms with E-state index in [1.807, 2.05) is 13.0 Å². The average Bonchev–Trinajstić information content (AvgIpc) is 2.54. The molecule has 0 aromatic heterocycles. The van der Waals surface area contributed by atoms with Gasteiger partial charge >= 0.3 is 0 Å². The van der Waals surface area contributed by atoms with Gasteiger partial charge in [-0.15, -0.1) is 0 Å². The molecule has 1 N–H and O–H groups in total. The van der Waals surface area contributed by atoms with Gasteiger partial charge in [0.15, 0.2) is 0 Å². The van der Waals surface area contributed by atoms with Gasteiger partial charge in [-0.05, 0) is 26.2 Å². The molecule has 3 heteroatoms. The lowest BCUT2D eigenvalue weighted by Crippen LogP contribution is -2.46. The van der Waals surface area contributed by atoms with Crippen molar-refractivity contribution in [2.24, 2.45) is 5.92 Å². The molecule has 1 rings (SSSR count). The first kappa shape index (κ1) is 11.0. The molecule has 0 bridgehead atoms. The van der Waals surface area contributed by atoms with Crippen molar-refractivity contribution in [3.05, 3.63) is 0 Å². The zero-order chi connectivity index (χ0) is 10.6. The minimum atomic E-state index is -0.479. The highest BCUT2D eigenvalue weighted by Crippen LogP contribution is 2.29. The van der Waals surface area contributed by atoms with Crippen LogP contribution in [0.5, 0.6) is 0 Å². The van der Waals surface area contributed by atoms with E-state index in [0.29, 0.717) is 6.42 Å². The maximum absolute atomic E-state index is 11.6. The molecule has 14 heavy (non-hydrogen) atoms.